The number of nitrogens with one attached hydrogen (secondary N) is 2. The van der Waals surface area contributed by atoms with E-state index >= 15 is 0 Å². The maximum absolute atomic E-state index is 12.7. The van der Waals surface area contributed by atoms with Crippen molar-refractivity contribution >= 4 is 34.2 Å². The van der Waals surface area contributed by atoms with Crippen molar-refractivity contribution in [1.29, 1.82) is 0 Å². The fraction of sp³-hybridized carbons (Fsp3) is 0.125. The average Bonchev–Trinajstić information content (AvgIpc) is 2.62. The van der Waals surface area contributed by atoms with E-state index in [9.17, 15) is 18.0 Å². The van der Waals surface area contributed by atoms with Crippen LogP contribution in [0.2, 0.25) is 0 Å². The molecule has 132 valence electrons. The van der Waals surface area contributed by atoms with Crippen LogP contribution in [0.25, 0.3) is 0 Å². The molecule has 8 nitrogen and oxygen atoms in total. The normalized spacial score (nSPS) is 10.2. The van der Waals surface area contributed by atoms with Gasteiger partial charge in [0, 0.05) is 12.7 Å². The van der Waals surface area contributed by atoms with E-state index in [1.54, 1.807) is 18.2 Å². The largest absolute Gasteiger partial charge is 0.496 e. The van der Waals surface area contributed by atoms with Crippen LogP contribution in [0.4, 0.5) is 16.2 Å². The molecule has 0 aliphatic heterocycles. The number of hydrogen-bond acceptors (Lipinski definition) is 5. The number of benzene rings is 2. The van der Waals surface area contributed by atoms with E-state index in [1.165, 1.54) is 44.5 Å². The Labute approximate surface area is 146 Å². The lowest BCUT2D eigenvalue weighted by atomic mass is 10.2. The van der Waals surface area contributed by atoms with Crippen molar-refractivity contribution in [2.75, 3.05) is 23.8 Å². The van der Waals surface area contributed by atoms with Gasteiger partial charge in [-0.15, -0.1) is 0 Å². The summed E-state index contributed by atoms with van der Waals surface area (Å²) in [5, 5.41) is 4.94. The van der Waals surface area contributed by atoms with Gasteiger partial charge in [0.25, 0.3) is 5.91 Å². The highest BCUT2D eigenvalue weighted by Gasteiger charge is 2.23. The molecule has 0 aromatic heterocycles. The number of carbonyl (C=O) groups excluding carboxylic acids is 2. The van der Waals surface area contributed by atoms with Crippen molar-refractivity contribution in [2.24, 2.45) is 0 Å². The zero-order valence-electron chi connectivity index (χ0n) is 13.6. The van der Waals surface area contributed by atoms with Gasteiger partial charge in [0.05, 0.1) is 18.4 Å². The van der Waals surface area contributed by atoms with Crippen LogP contribution in [0.15, 0.2) is 48.5 Å². The molecule has 25 heavy (non-hydrogen) atoms. The van der Waals surface area contributed by atoms with Crippen LogP contribution in [0, 0.1) is 0 Å². The number of para-hydroxylation sites is 1. The third-order valence-electron chi connectivity index (χ3n) is 3.29. The summed E-state index contributed by atoms with van der Waals surface area (Å²) in [5.74, 6) is -0.465. The minimum absolute atomic E-state index is 0.122. The summed E-state index contributed by atoms with van der Waals surface area (Å²) in [6.45, 7) is 0. The molecule has 0 unspecified atom stereocenters. The van der Waals surface area contributed by atoms with E-state index in [0.29, 0.717) is 9.99 Å². The molecule has 0 spiro atoms. The Balaban J connectivity index is 2.35. The number of urea groups is 1. The monoisotopic (exact) mass is 363 g/mol. The van der Waals surface area contributed by atoms with E-state index in [-0.39, 0.29) is 17.0 Å². The molecule has 2 rings (SSSR count). The van der Waals surface area contributed by atoms with E-state index < -0.39 is 22.8 Å². The number of hydrogen-bond donors (Lipinski definition) is 3. The van der Waals surface area contributed by atoms with Crippen LogP contribution in [0.1, 0.15) is 10.4 Å². The molecule has 2 aromatic rings. The molecule has 0 fully saturated rings. The summed E-state index contributed by atoms with van der Waals surface area (Å²) in [5.41, 5.74) is 0.722. The number of methoxy groups -OCH3 is 1. The van der Waals surface area contributed by atoms with Gasteiger partial charge < -0.3 is 15.4 Å². The SMILES string of the molecule is CNC(=O)Nc1ccc(N(C(=O)c2ccccc2OC)[SH](=O)=O)cc1. The van der Waals surface area contributed by atoms with Gasteiger partial charge in [-0.3, -0.25) is 4.79 Å². The van der Waals surface area contributed by atoms with E-state index in [2.05, 4.69) is 10.6 Å². The molecule has 2 N–H and O–H groups in total. The van der Waals surface area contributed by atoms with Crippen LogP contribution in [0.5, 0.6) is 5.75 Å². The maximum atomic E-state index is 12.7. The van der Waals surface area contributed by atoms with Crippen molar-refractivity contribution < 1.29 is 22.7 Å². The lowest BCUT2D eigenvalue weighted by Gasteiger charge is -2.17. The number of rotatable bonds is 5. The number of anilines is 2. The zero-order chi connectivity index (χ0) is 18.4. The Morgan fingerprint density at radius 3 is 2.24 bits per heavy atom. The van der Waals surface area contributed by atoms with Gasteiger partial charge in [-0.05, 0) is 36.4 Å². The number of carbonyl (C=O) groups is 2. The molecule has 0 bridgehead atoms. The molecular formula is C16H17N3O5S. The fourth-order valence-corrected chi connectivity index (χ4v) is 2.68. The standard InChI is InChI=1S/C16H17N3O5S/c1-17-16(21)18-11-7-9-12(10-8-11)19(25(22)23)15(20)13-5-3-4-6-14(13)24-2/h3-10,25H,1-2H3,(H2,17,18,21). The molecule has 0 aliphatic rings. The molecule has 0 atom stereocenters. The average molecular weight is 363 g/mol. The molecule has 3 amide bonds. The zero-order valence-corrected chi connectivity index (χ0v) is 14.4. The second-order valence-corrected chi connectivity index (χ2v) is 5.68. The highest BCUT2D eigenvalue weighted by molar-refractivity contribution is 7.75. The van der Waals surface area contributed by atoms with Crippen molar-refractivity contribution in [1.82, 2.24) is 5.32 Å². The minimum Gasteiger partial charge on any atom is -0.496 e. The summed E-state index contributed by atoms with van der Waals surface area (Å²) >= 11 is 0. The third kappa shape index (κ3) is 4.27. The van der Waals surface area contributed by atoms with Crippen molar-refractivity contribution in [3.8, 4) is 5.75 Å². The first-order chi connectivity index (χ1) is 12.0. The highest BCUT2D eigenvalue weighted by Crippen LogP contribution is 2.24. The number of thiol groups is 1. The Bertz CT molecular complexity index is 841. The second kappa shape index (κ2) is 8.15. The Kier molecular flexibility index (Phi) is 5.96. The van der Waals surface area contributed by atoms with Gasteiger partial charge in [0.15, 0.2) is 0 Å². The van der Waals surface area contributed by atoms with Crippen molar-refractivity contribution in [3.63, 3.8) is 0 Å². The summed E-state index contributed by atoms with van der Waals surface area (Å²) in [7, 11) is -0.354. The lowest BCUT2D eigenvalue weighted by Crippen LogP contribution is -2.29. The Morgan fingerprint density at radius 1 is 1.04 bits per heavy atom. The van der Waals surface area contributed by atoms with E-state index in [1.807, 2.05) is 0 Å². The van der Waals surface area contributed by atoms with Crippen LogP contribution in [0.3, 0.4) is 0 Å². The van der Waals surface area contributed by atoms with Gasteiger partial charge in [-0.25, -0.2) is 17.5 Å². The number of nitrogens with zero attached hydrogens (tertiary/aromatic N) is 1. The molecule has 0 radical (unpaired) electrons. The Hall–Kier alpha value is -3.07. The first-order valence-corrected chi connectivity index (χ1v) is 8.31. The first kappa shape index (κ1) is 18.3. The third-order valence-corrected chi connectivity index (χ3v) is 4.03. The van der Waals surface area contributed by atoms with Crippen LogP contribution >= 0.6 is 0 Å². The van der Waals surface area contributed by atoms with Gasteiger partial charge in [0.2, 0.25) is 10.9 Å². The quantitative estimate of drug-likeness (QED) is 0.700. The van der Waals surface area contributed by atoms with E-state index in [4.69, 9.17) is 4.74 Å². The van der Waals surface area contributed by atoms with Gasteiger partial charge in [-0.2, -0.15) is 0 Å². The minimum atomic E-state index is -3.22. The summed E-state index contributed by atoms with van der Waals surface area (Å²) < 4.78 is 29.0. The van der Waals surface area contributed by atoms with Crippen LogP contribution in [-0.2, 0) is 10.9 Å². The second-order valence-electron chi connectivity index (χ2n) is 4.81. The smallest absolute Gasteiger partial charge is 0.318 e. The molecule has 0 aliphatic carbocycles. The van der Waals surface area contributed by atoms with Crippen molar-refractivity contribution in [2.45, 2.75) is 0 Å². The molecular weight excluding hydrogens is 346 g/mol. The summed E-state index contributed by atoms with van der Waals surface area (Å²) in [6.07, 6.45) is 0. The van der Waals surface area contributed by atoms with Crippen LogP contribution in [-0.4, -0.2) is 34.5 Å². The first-order valence-electron chi connectivity index (χ1n) is 7.18. The molecule has 0 saturated heterocycles. The van der Waals surface area contributed by atoms with Gasteiger partial charge in [0.1, 0.15) is 5.75 Å². The van der Waals surface area contributed by atoms with Gasteiger partial charge in [-0.1, -0.05) is 12.1 Å². The number of amides is 3. The molecule has 0 saturated carbocycles. The van der Waals surface area contributed by atoms with Crippen LogP contribution < -0.4 is 19.7 Å². The highest BCUT2D eigenvalue weighted by atomic mass is 32.2. The molecule has 0 heterocycles. The van der Waals surface area contributed by atoms with E-state index in [0.717, 1.165) is 0 Å². The number of ether oxygens (including phenoxy) is 1. The summed E-state index contributed by atoms with van der Waals surface area (Å²) in [4.78, 5) is 23.9. The lowest BCUT2D eigenvalue weighted by molar-refractivity contribution is 0.100. The van der Waals surface area contributed by atoms with Gasteiger partial charge >= 0.3 is 6.03 Å². The molecule has 2 aromatic carbocycles. The molecule has 9 heteroatoms. The van der Waals surface area contributed by atoms with Crippen molar-refractivity contribution in [3.05, 3.63) is 54.1 Å². The predicted molar refractivity (Wildman–Crippen MR) is 94.6 cm³/mol. The Morgan fingerprint density at radius 2 is 1.68 bits per heavy atom. The maximum Gasteiger partial charge on any atom is 0.318 e. The summed E-state index contributed by atoms with van der Waals surface area (Å²) in [6, 6.07) is 11.8. The fourth-order valence-electron chi connectivity index (χ4n) is 2.10. The topological polar surface area (TPSA) is 105 Å². The predicted octanol–water partition coefficient (Wildman–Crippen LogP) is 1.62.